The van der Waals surface area contributed by atoms with Crippen molar-refractivity contribution >= 4 is 5.82 Å². The van der Waals surface area contributed by atoms with Crippen LogP contribution in [0.2, 0.25) is 0 Å². The molecule has 0 bridgehead atoms. The second-order valence-corrected chi connectivity index (χ2v) is 3.03. The van der Waals surface area contributed by atoms with Gasteiger partial charge in [0.2, 0.25) is 0 Å². The summed E-state index contributed by atoms with van der Waals surface area (Å²) in [5, 5.41) is 11.7. The largest absolute Gasteiger partial charge is 0.395 e. The lowest BCUT2D eigenvalue weighted by Crippen LogP contribution is -2.21. The summed E-state index contributed by atoms with van der Waals surface area (Å²) in [6.45, 7) is 1.72. The molecule has 74 valence electrons. The fourth-order valence-corrected chi connectivity index (χ4v) is 1.24. The maximum absolute atomic E-state index is 8.53. The minimum Gasteiger partial charge on any atom is -0.395 e. The smallest absolute Gasteiger partial charge is 0.103 e. The zero-order chi connectivity index (χ0) is 9.68. The average molecular weight is 183 g/mol. The van der Waals surface area contributed by atoms with E-state index in [-0.39, 0.29) is 6.61 Å². The molecule has 0 radical (unpaired) electrons. The highest BCUT2D eigenvalue weighted by Crippen LogP contribution is 2.08. The SMILES string of the molecule is Cn1c(N)ccc1CCNCCO. The molecule has 4 N–H and O–H groups in total. The predicted molar refractivity (Wildman–Crippen MR) is 53.5 cm³/mol. The molecule has 4 heteroatoms. The number of aliphatic hydroxyl groups is 1. The summed E-state index contributed by atoms with van der Waals surface area (Å²) in [6, 6.07) is 3.93. The number of nitrogen functional groups attached to an aromatic ring is 1. The van der Waals surface area contributed by atoms with Crippen molar-refractivity contribution in [2.75, 3.05) is 25.4 Å². The first-order chi connectivity index (χ1) is 6.25. The van der Waals surface area contributed by atoms with Gasteiger partial charge in [0.1, 0.15) is 5.82 Å². The third-order valence-corrected chi connectivity index (χ3v) is 2.11. The van der Waals surface area contributed by atoms with Gasteiger partial charge in [-0.1, -0.05) is 0 Å². The fourth-order valence-electron chi connectivity index (χ4n) is 1.24. The van der Waals surface area contributed by atoms with Crippen LogP contribution in [0, 0.1) is 0 Å². The zero-order valence-electron chi connectivity index (χ0n) is 7.95. The number of nitrogens with zero attached hydrogens (tertiary/aromatic N) is 1. The Morgan fingerprint density at radius 2 is 2.23 bits per heavy atom. The molecule has 13 heavy (non-hydrogen) atoms. The molecule has 0 fully saturated rings. The number of hydrogen-bond acceptors (Lipinski definition) is 3. The van der Waals surface area contributed by atoms with Crippen molar-refractivity contribution in [2.45, 2.75) is 6.42 Å². The molecule has 1 aromatic rings. The molecule has 0 saturated heterocycles. The number of aromatic nitrogens is 1. The van der Waals surface area contributed by atoms with Gasteiger partial charge in [0.05, 0.1) is 6.61 Å². The van der Waals surface area contributed by atoms with Gasteiger partial charge in [-0.25, -0.2) is 0 Å². The van der Waals surface area contributed by atoms with Crippen molar-refractivity contribution in [1.82, 2.24) is 9.88 Å². The Kier molecular flexibility index (Phi) is 3.79. The van der Waals surface area contributed by atoms with Crippen molar-refractivity contribution in [3.8, 4) is 0 Å². The molecule has 0 aromatic carbocycles. The number of nitrogens with two attached hydrogens (primary N) is 1. The Morgan fingerprint density at radius 1 is 1.46 bits per heavy atom. The predicted octanol–water partition coefficient (Wildman–Crippen LogP) is -0.268. The van der Waals surface area contributed by atoms with Gasteiger partial charge in [-0.2, -0.15) is 0 Å². The van der Waals surface area contributed by atoms with E-state index >= 15 is 0 Å². The Labute approximate surface area is 78.4 Å². The number of nitrogens with one attached hydrogen (secondary N) is 1. The summed E-state index contributed by atoms with van der Waals surface area (Å²) in [6.07, 6.45) is 0.938. The van der Waals surface area contributed by atoms with Gasteiger partial charge in [0, 0.05) is 32.3 Å². The fraction of sp³-hybridized carbons (Fsp3) is 0.556. The number of anilines is 1. The van der Waals surface area contributed by atoms with E-state index in [1.54, 1.807) is 0 Å². The van der Waals surface area contributed by atoms with E-state index in [1.807, 2.05) is 23.7 Å². The van der Waals surface area contributed by atoms with Crippen LogP contribution in [0.3, 0.4) is 0 Å². The van der Waals surface area contributed by atoms with Crippen molar-refractivity contribution in [3.05, 3.63) is 17.8 Å². The molecule has 4 nitrogen and oxygen atoms in total. The maximum Gasteiger partial charge on any atom is 0.103 e. The first-order valence-corrected chi connectivity index (χ1v) is 4.47. The highest BCUT2D eigenvalue weighted by molar-refractivity contribution is 5.33. The molecule has 0 unspecified atom stereocenters. The van der Waals surface area contributed by atoms with Crippen molar-refractivity contribution in [2.24, 2.45) is 7.05 Å². The summed E-state index contributed by atoms with van der Waals surface area (Å²) in [5.74, 6) is 0.789. The van der Waals surface area contributed by atoms with Crippen LogP contribution >= 0.6 is 0 Å². The molecule has 1 rings (SSSR count). The third kappa shape index (κ3) is 2.75. The molecule has 0 saturated carbocycles. The Bertz CT molecular complexity index is 257. The summed E-state index contributed by atoms with van der Waals surface area (Å²) >= 11 is 0. The van der Waals surface area contributed by atoms with E-state index in [0.29, 0.717) is 6.54 Å². The number of aliphatic hydroxyl groups excluding tert-OH is 1. The van der Waals surface area contributed by atoms with E-state index in [1.165, 1.54) is 5.69 Å². The molecule has 0 atom stereocenters. The van der Waals surface area contributed by atoms with Crippen LogP contribution in [0.15, 0.2) is 12.1 Å². The van der Waals surface area contributed by atoms with Crippen molar-refractivity contribution in [1.29, 1.82) is 0 Å². The van der Waals surface area contributed by atoms with E-state index in [0.717, 1.165) is 18.8 Å². The van der Waals surface area contributed by atoms with Gasteiger partial charge in [-0.3, -0.25) is 0 Å². The summed E-state index contributed by atoms with van der Waals surface area (Å²) in [4.78, 5) is 0. The van der Waals surface area contributed by atoms with E-state index < -0.39 is 0 Å². The maximum atomic E-state index is 8.53. The summed E-state index contributed by atoms with van der Waals surface area (Å²) in [7, 11) is 1.96. The Morgan fingerprint density at radius 3 is 2.77 bits per heavy atom. The van der Waals surface area contributed by atoms with E-state index in [9.17, 15) is 0 Å². The highest BCUT2D eigenvalue weighted by Gasteiger charge is 1.99. The van der Waals surface area contributed by atoms with Crippen LogP contribution in [0.5, 0.6) is 0 Å². The van der Waals surface area contributed by atoms with Gasteiger partial charge in [-0.05, 0) is 12.1 Å². The number of rotatable bonds is 5. The minimum absolute atomic E-state index is 0.190. The lowest BCUT2D eigenvalue weighted by molar-refractivity contribution is 0.292. The molecule has 1 heterocycles. The molecule has 1 aromatic heterocycles. The van der Waals surface area contributed by atoms with E-state index in [2.05, 4.69) is 5.32 Å². The third-order valence-electron chi connectivity index (χ3n) is 2.11. The normalized spacial score (nSPS) is 10.6. The molecular formula is C9H17N3O. The van der Waals surface area contributed by atoms with Gasteiger partial charge in [0.25, 0.3) is 0 Å². The van der Waals surface area contributed by atoms with Gasteiger partial charge < -0.3 is 20.7 Å². The summed E-state index contributed by atoms with van der Waals surface area (Å²) < 4.78 is 1.97. The summed E-state index contributed by atoms with van der Waals surface area (Å²) in [5.41, 5.74) is 6.88. The van der Waals surface area contributed by atoms with Gasteiger partial charge in [-0.15, -0.1) is 0 Å². The van der Waals surface area contributed by atoms with Crippen LogP contribution in [0.25, 0.3) is 0 Å². The van der Waals surface area contributed by atoms with E-state index in [4.69, 9.17) is 10.8 Å². The first-order valence-electron chi connectivity index (χ1n) is 4.47. The molecular weight excluding hydrogens is 166 g/mol. The average Bonchev–Trinajstić information content (AvgIpc) is 2.43. The van der Waals surface area contributed by atoms with Gasteiger partial charge in [0.15, 0.2) is 0 Å². The standard InChI is InChI=1S/C9H17N3O/c1-12-8(2-3-9(12)10)4-5-11-6-7-13/h2-3,11,13H,4-7,10H2,1H3. The second-order valence-electron chi connectivity index (χ2n) is 3.03. The molecule has 0 amide bonds. The van der Waals surface area contributed by atoms with Crippen LogP contribution < -0.4 is 11.1 Å². The first kappa shape index (κ1) is 10.1. The number of hydrogen-bond donors (Lipinski definition) is 3. The topological polar surface area (TPSA) is 63.2 Å². The monoisotopic (exact) mass is 183 g/mol. The lowest BCUT2D eigenvalue weighted by Gasteiger charge is -2.05. The highest BCUT2D eigenvalue weighted by atomic mass is 16.3. The lowest BCUT2D eigenvalue weighted by atomic mass is 10.3. The van der Waals surface area contributed by atoms with Gasteiger partial charge >= 0.3 is 0 Å². The molecule has 0 spiro atoms. The van der Waals surface area contributed by atoms with Crippen LogP contribution in [-0.4, -0.2) is 29.4 Å². The van der Waals surface area contributed by atoms with Crippen LogP contribution in [-0.2, 0) is 13.5 Å². The van der Waals surface area contributed by atoms with Crippen molar-refractivity contribution < 1.29 is 5.11 Å². The second kappa shape index (κ2) is 4.89. The van der Waals surface area contributed by atoms with Crippen LogP contribution in [0.1, 0.15) is 5.69 Å². The molecule has 0 aliphatic rings. The Balaban J connectivity index is 2.32. The molecule has 0 aliphatic carbocycles. The van der Waals surface area contributed by atoms with Crippen molar-refractivity contribution in [3.63, 3.8) is 0 Å². The zero-order valence-corrected chi connectivity index (χ0v) is 7.95. The van der Waals surface area contributed by atoms with Crippen LogP contribution in [0.4, 0.5) is 5.82 Å². The molecule has 0 aliphatic heterocycles. The quantitative estimate of drug-likeness (QED) is 0.551. The Hall–Kier alpha value is -1.00. The minimum atomic E-state index is 0.190.